The molecule has 2 heterocycles. The highest BCUT2D eigenvalue weighted by molar-refractivity contribution is 6.35. The fourth-order valence-corrected chi connectivity index (χ4v) is 3.30. The number of fused-ring (bicyclic) bond motifs is 1. The number of hydrogen-bond acceptors (Lipinski definition) is 2. The smallest absolute Gasteiger partial charge is 0.0503 e. The van der Waals surface area contributed by atoms with Crippen molar-refractivity contribution in [1.29, 1.82) is 0 Å². The van der Waals surface area contributed by atoms with Crippen LogP contribution in [0.5, 0.6) is 0 Å². The molecule has 1 aromatic carbocycles. The van der Waals surface area contributed by atoms with E-state index in [1.165, 1.54) is 16.5 Å². The lowest BCUT2D eigenvalue weighted by Gasteiger charge is -2.27. The van der Waals surface area contributed by atoms with E-state index in [4.69, 9.17) is 11.6 Å². The van der Waals surface area contributed by atoms with Crippen LogP contribution in [-0.2, 0) is 6.54 Å². The molecule has 0 unspecified atom stereocenters. The molecule has 1 saturated heterocycles. The van der Waals surface area contributed by atoms with Crippen LogP contribution in [0.1, 0.15) is 25.5 Å². The highest BCUT2D eigenvalue weighted by atomic mass is 35.5. The van der Waals surface area contributed by atoms with Crippen LogP contribution >= 0.6 is 11.6 Å². The normalized spacial score (nSPS) is 17.2. The van der Waals surface area contributed by atoms with Gasteiger partial charge in [-0.15, -0.1) is 0 Å². The number of piperazine rings is 1. The summed E-state index contributed by atoms with van der Waals surface area (Å²) in [5.74, 6) is 0. The molecule has 3 rings (SSSR count). The van der Waals surface area contributed by atoms with Crippen molar-refractivity contribution >= 4 is 22.5 Å². The van der Waals surface area contributed by atoms with Gasteiger partial charge in [0.15, 0.2) is 0 Å². The van der Waals surface area contributed by atoms with E-state index in [-0.39, 0.29) is 0 Å². The maximum atomic E-state index is 6.45. The van der Waals surface area contributed by atoms with Crippen LogP contribution in [0.3, 0.4) is 0 Å². The summed E-state index contributed by atoms with van der Waals surface area (Å²) >= 11 is 6.45. The van der Waals surface area contributed by atoms with Crippen LogP contribution in [0.25, 0.3) is 10.9 Å². The van der Waals surface area contributed by atoms with Crippen LogP contribution in [0, 0.1) is 0 Å². The number of halogens is 1. The minimum absolute atomic E-state index is 0.452. The lowest BCUT2D eigenvalue weighted by atomic mass is 10.1. The molecule has 0 saturated carbocycles. The van der Waals surface area contributed by atoms with Crippen LogP contribution in [0.2, 0.25) is 5.02 Å². The van der Waals surface area contributed by atoms with Crippen LogP contribution < -0.4 is 5.32 Å². The quantitative estimate of drug-likeness (QED) is 0.936. The molecular formula is C16H22ClN3. The molecule has 2 aromatic rings. The van der Waals surface area contributed by atoms with Gasteiger partial charge in [0.25, 0.3) is 0 Å². The Balaban J connectivity index is 2.01. The molecule has 20 heavy (non-hydrogen) atoms. The molecule has 0 bridgehead atoms. The molecule has 4 heteroatoms. The summed E-state index contributed by atoms with van der Waals surface area (Å²) in [5, 5.41) is 5.49. The fourth-order valence-electron chi connectivity index (χ4n) is 3.01. The first kappa shape index (κ1) is 13.9. The van der Waals surface area contributed by atoms with Gasteiger partial charge in [-0.1, -0.05) is 17.7 Å². The molecule has 1 fully saturated rings. The Kier molecular flexibility index (Phi) is 4.01. The van der Waals surface area contributed by atoms with Gasteiger partial charge in [0.05, 0.1) is 10.5 Å². The van der Waals surface area contributed by atoms with E-state index in [0.717, 1.165) is 37.7 Å². The summed E-state index contributed by atoms with van der Waals surface area (Å²) in [6.07, 6.45) is 2.28. The average molecular weight is 292 g/mol. The SMILES string of the molecule is CC(C)n1cc(CN2CCNCC2)c2c(Cl)cccc21. The zero-order valence-electron chi connectivity index (χ0n) is 12.2. The van der Waals surface area contributed by atoms with Crippen molar-refractivity contribution in [2.75, 3.05) is 26.2 Å². The molecule has 1 N–H and O–H groups in total. The molecular weight excluding hydrogens is 270 g/mol. The molecule has 1 aliphatic heterocycles. The van der Waals surface area contributed by atoms with E-state index in [1.807, 2.05) is 12.1 Å². The summed E-state index contributed by atoms with van der Waals surface area (Å²) in [6, 6.07) is 6.66. The maximum Gasteiger partial charge on any atom is 0.0503 e. The standard InChI is InChI=1S/C16H22ClN3/c1-12(2)20-11-13(10-19-8-6-18-7-9-19)16-14(17)4-3-5-15(16)20/h3-5,11-12,18H,6-10H2,1-2H3. The summed E-state index contributed by atoms with van der Waals surface area (Å²) in [7, 11) is 0. The van der Waals surface area contributed by atoms with Crippen LogP contribution in [0.15, 0.2) is 24.4 Å². The molecule has 3 nitrogen and oxygen atoms in total. The van der Waals surface area contributed by atoms with Crippen molar-refractivity contribution in [3.8, 4) is 0 Å². The van der Waals surface area contributed by atoms with Crippen molar-refractivity contribution in [1.82, 2.24) is 14.8 Å². The Morgan fingerprint density at radius 2 is 2.00 bits per heavy atom. The molecule has 0 spiro atoms. The van der Waals surface area contributed by atoms with Crippen molar-refractivity contribution in [2.45, 2.75) is 26.4 Å². The predicted molar refractivity (Wildman–Crippen MR) is 85.5 cm³/mol. The van der Waals surface area contributed by atoms with Gasteiger partial charge in [0, 0.05) is 50.3 Å². The highest BCUT2D eigenvalue weighted by Gasteiger charge is 2.17. The van der Waals surface area contributed by atoms with Gasteiger partial charge in [-0.3, -0.25) is 4.90 Å². The van der Waals surface area contributed by atoms with Crippen molar-refractivity contribution in [2.24, 2.45) is 0 Å². The molecule has 0 amide bonds. The third-order valence-electron chi connectivity index (χ3n) is 4.05. The van der Waals surface area contributed by atoms with Crippen molar-refractivity contribution in [3.63, 3.8) is 0 Å². The Hall–Kier alpha value is -1.03. The topological polar surface area (TPSA) is 20.2 Å². The highest BCUT2D eigenvalue weighted by Crippen LogP contribution is 2.31. The third-order valence-corrected chi connectivity index (χ3v) is 4.36. The first-order valence-corrected chi connectivity index (χ1v) is 7.75. The van der Waals surface area contributed by atoms with E-state index in [1.54, 1.807) is 0 Å². The monoisotopic (exact) mass is 291 g/mol. The lowest BCUT2D eigenvalue weighted by Crippen LogP contribution is -2.42. The third kappa shape index (κ3) is 2.58. The predicted octanol–water partition coefficient (Wildman–Crippen LogP) is 3.28. The average Bonchev–Trinajstić information content (AvgIpc) is 2.80. The molecule has 108 valence electrons. The number of rotatable bonds is 3. The van der Waals surface area contributed by atoms with E-state index in [2.05, 4.69) is 40.9 Å². The van der Waals surface area contributed by atoms with Gasteiger partial charge in [-0.2, -0.15) is 0 Å². The first-order chi connectivity index (χ1) is 9.66. The molecule has 0 atom stereocenters. The molecule has 0 radical (unpaired) electrons. The van der Waals surface area contributed by atoms with Crippen molar-refractivity contribution < 1.29 is 0 Å². The second-order valence-electron chi connectivity index (χ2n) is 5.82. The van der Waals surface area contributed by atoms with Gasteiger partial charge in [-0.25, -0.2) is 0 Å². The number of benzene rings is 1. The zero-order chi connectivity index (χ0) is 14.1. The Morgan fingerprint density at radius 3 is 2.70 bits per heavy atom. The van der Waals surface area contributed by atoms with E-state index < -0.39 is 0 Å². The lowest BCUT2D eigenvalue weighted by molar-refractivity contribution is 0.234. The van der Waals surface area contributed by atoms with Crippen LogP contribution in [-0.4, -0.2) is 35.6 Å². The fraction of sp³-hybridized carbons (Fsp3) is 0.500. The Labute approximate surface area is 125 Å². The van der Waals surface area contributed by atoms with Gasteiger partial charge >= 0.3 is 0 Å². The van der Waals surface area contributed by atoms with Crippen molar-refractivity contribution in [3.05, 3.63) is 35.0 Å². The summed E-state index contributed by atoms with van der Waals surface area (Å²) in [5.41, 5.74) is 2.60. The van der Waals surface area contributed by atoms with E-state index in [9.17, 15) is 0 Å². The largest absolute Gasteiger partial charge is 0.345 e. The summed E-state index contributed by atoms with van der Waals surface area (Å²) in [4.78, 5) is 2.50. The number of hydrogen-bond donors (Lipinski definition) is 1. The minimum atomic E-state index is 0.452. The Morgan fingerprint density at radius 1 is 1.25 bits per heavy atom. The second kappa shape index (κ2) is 5.76. The summed E-state index contributed by atoms with van der Waals surface area (Å²) < 4.78 is 2.33. The number of nitrogens with zero attached hydrogens (tertiary/aromatic N) is 2. The molecule has 1 aliphatic rings. The van der Waals surface area contributed by atoms with Crippen LogP contribution in [0.4, 0.5) is 0 Å². The van der Waals surface area contributed by atoms with E-state index in [0.29, 0.717) is 6.04 Å². The first-order valence-electron chi connectivity index (χ1n) is 7.38. The van der Waals surface area contributed by atoms with Gasteiger partial charge in [0.2, 0.25) is 0 Å². The Bertz CT molecular complexity index is 597. The van der Waals surface area contributed by atoms with E-state index >= 15 is 0 Å². The second-order valence-corrected chi connectivity index (χ2v) is 6.22. The minimum Gasteiger partial charge on any atom is -0.345 e. The van der Waals surface area contributed by atoms with Gasteiger partial charge < -0.3 is 9.88 Å². The molecule has 1 aromatic heterocycles. The number of aromatic nitrogens is 1. The van der Waals surface area contributed by atoms with Gasteiger partial charge in [0.1, 0.15) is 0 Å². The maximum absolute atomic E-state index is 6.45. The van der Waals surface area contributed by atoms with Gasteiger partial charge in [-0.05, 0) is 31.5 Å². The zero-order valence-corrected chi connectivity index (χ0v) is 13.0. The number of nitrogens with one attached hydrogen (secondary N) is 1. The molecule has 0 aliphatic carbocycles. The summed E-state index contributed by atoms with van der Waals surface area (Å²) in [6.45, 7) is 9.80.